The van der Waals surface area contributed by atoms with Crippen LogP contribution in [0, 0.1) is 0 Å². The Labute approximate surface area is 131 Å². The Morgan fingerprint density at radius 1 is 1.26 bits per heavy atom. The first-order chi connectivity index (χ1) is 11.2. The predicted molar refractivity (Wildman–Crippen MR) is 82.1 cm³/mol. The minimum absolute atomic E-state index is 0.323. The lowest BCUT2D eigenvalue weighted by Crippen LogP contribution is -2.31. The summed E-state index contributed by atoms with van der Waals surface area (Å²) in [5, 5.41) is 2.73. The molecule has 3 aliphatic heterocycles. The molecular weight excluding hydrogens is 297 g/mol. The topological polar surface area (TPSA) is 61.8 Å². The van der Waals surface area contributed by atoms with Gasteiger partial charge in [0.2, 0.25) is 0 Å². The van der Waals surface area contributed by atoms with Gasteiger partial charge in [-0.25, -0.2) is 9.38 Å². The number of nitrogens with one attached hydrogen (secondary N) is 1. The predicted octanol–water partition coefficient (Wildman–Crippen LogP) is 2.04. The van der Waals surface area contributed by atoms with Crippen molar-refractivity contribution in [3.63, 3.8) is 0 Å². The van der Waals surface area contributed by atoms with Gasteiger partial charge in [0.15, 0.2) is 0 Å². The van der Waals surface area contributed by atoms with Crippen molar-refractivity contribution in [2.45, 2.75) is 6.42 Å². The van der Waals surface area contributed by atoms with E-state index in [0.29, 0.717) is 41.3 Å². The molecule has 0 radical (unpaired) electrons. The highest BCUT2D eigenvalue weighted by Crippen LogP contribution is 2.37. The van der Waals surface area contributed by atoms with Crippen molar-refractivity contribution in [2.24, 2.45) is 4.99 Å². The molecule has 114 valence electrons. The Balaban J connectivity index is 1.82. The van der Waals surface area contributed by atoms with Crippen LogP contribution in [-0.4, -0.2) is 29.5 Å². The highest BCUT2D eigenvalue weighted by molar-refractivity contribution is 6.03. The molecule has 1 aromatic rings. The molecule has 0 unspecified atom stereocenters. The number of halogens is 1. The summed E-state index contributed by atoms with van der Waals surface area (Å²) in [4.78, 5) is 28.7. The largest absolute Gasteiger partial charge is 0.324 e. The van der Waals surface area contributed by atoms with Crippen molar-refractivity contribution < 1.29 is 14.0 Å². The third-order valence-electron chi connectivity index (χ3n) is 4.06. The molecule has 0 atom stereocenters. The van der Waals surface area contributed by atoms with Gasteiger partial charge in [0.25, 0.3) is 5.91 Å². The summed E-state index contributed by atoms with van der Waals surface area (Å²) in [7, 11) is 0. The third kappa shape index (κ3) is 2.11. The molecule has 0 spiro atoms. The van der Waals surface area contributed by atoms with E-state index >= 15 is 0 Å². The Kier molecular flexibility index (Phi) is 2.97. The molecule has 23 heavy (non-hydrogen) atoms. The van der Waals surface area contributed by atoms with Crippen LogP contribution in [0.1, 0.15) is 22.3 Å². The number of benzene rings is 1. The van der Waals surface area contributed by atoms with Crippen LogP contribution in [0.15, 0.2) is 64.3 Å². The number of amidine groups is 1. The number of aldehydes is 1. The summed E-state index contributed by atoms with van der Waals surface area (Å²) in [6.07, 6.45) is 3.79. The van der Waals surface area contributed by atoms with Gasteiger partial charge < -0.3 is 10.2 Å². The fourth-order valence-electron chi connectivity index (χ4n) is 3.01. The molecule has 0 fully saturated rings. The molecule has 0 bridgehead atoms. The summed E-state index contributed by atoms with van der Waals surface area (Å²) >= 11 is 0. The van der Waals surface area contributed by atoms with E-state index < -0.39 is 11.7 Å². The van der Waals surface area contributed by atoms with Gasteiger partial charge in [-0.15, -0.1) is 0 Å². The quantitative estimate of drug-likeness (QED) is 0.851. The van der Waals surface area contributed by atoms with E-state index in [-0.39, 0.29) is 0 Å². The van der Waals surface area contributed by atoms with Crippen molar-refractivity contribution >= 4 is 18.0 Å². The number of hydrogen-bond acceptors (Lipinski definition) is 4. The zero-order chi connectivity index (χ0) is 16.0. The van der Waals surface area contributed by atoms with E-state index in [9.17, 15) is 14.0 Å². The summed E-state index contributed by atoms with van der Waals surface area (Å²) < 4.78 is 14.2. The molecule has 0 saturated carbocycles. The minimum Gasteiger partial charge on any atom is -0.324 e. The Hall–Kier alpha value is -3.02. The third-order valence-corrected chi connectivity index (χ3v) is 4.06. The number of nitrogens with zero attached hydrogens (tertiary/aromatic N) is 2. The van der Waals surface area contributed by atoms with E-state index in [1.54, 1.807) is 24.3 Å². The molecular formula is C17H12FN3O2. The van der Waals surface area contributed by atoms with Crippen molar-refractivity contribution in [1.29, 1.82) is 0 Å². The summed E-state index contributed by atoms with van der Waals surface area (Å²) in [5.74, 6) is -0.363. The van der Waals surface area contributed by atoms with Gasteiger partial charge in [0.05, 0.1) is 11.3 Å². The first-order valence-electron chi connectivity index (χ1n) is 7.20. The van der Waals surface area contributed by atoms with Crippen molar-refractivity contribution in [2.75, 3.05) is 6.54 Å². The van der Waals surface area contributed by atoms with Crippen molar-refractivity contribution in [3.05, 3.63) is 70.5 Å². The first-order valence-corrected chi connectivity index (χ1v) is 7.20. The van der Waals surface area contributed by atoms with Crippen LogP contribution in [0.4, 0.5) is 4.39 Å². The monoisotopic (exact) mass is 309 g/mol. The van der Waals surface area contributed by atoms with Crippen LogP contribution in [0.2, 0.25) is 0 Å². The molecule has 5 nitrogen and oxygen atoms in total. The number of aliphatic imine (C=N–C) groups is 1. The van der Waals surface area contributed by atoms with Crippen LogP contribution in [0.5, 0.6) is 0 Å². The number of allylic oxidation sites excluding steroid dienone is 1. The molecule has 1 amide bonds. The van der Waals surface area contributed by atoms with Gasteiger partial charge in [-0.3, -0.25) is 9.59 Å². The molecule has 0 aliphatic carbocycles. The summed E-state index contributed by atoms with van der Waals surface area (Å²) in [6.45, 7) is 0.615. The lowest BCUT2D eigenvalue weighted by molar-refractivity contribution is -0.115. The van der Waals surface area contributed by atoms with E-state index in [1.807, 2.05) is 4.90 Å². The van der Waals surface area contributed by atoms with E-state index in [4.69, 9.17) is 0 Å². The second kappa shape index (κ2) is 5.01. The minimum atomic E-state index is -0.585. The number of carbonyl (C=O) groups excluding carboxylic acids is 2. The fraction of sp³-hybridized carbons (Fsp3) is 0.118. The van der Waals surface area contributed by atoms with Gasteiger partial charge in [-0.2, -0.15) is 0 Å². The Morgan fingerprint density at radius 3 is 2.78 bits per heavy atom. The second-order valence-corrected chi connectivity index (χ2v) is 5.45. The number of amides is 1. The summed E-state index contributed by atoms with van der Waals surface area (Å²) in [6, 6.07) is 7.04. The normalized spacial score (nSPS) is 19.4. The standard InChI is InChI=1S/C17H12FN3O2/c18-13-7-15(23)20-14-5-6-21-16(14)12(13)8-19-17(21)11-3-1-10(9-22)2-4-11/h1-4,7-9H,5-6H2,(H,20,23). The zero-order valence-corrected chi connectivity index (χ0v) is 12.0. The Bertz CT molecular complexity index is 847. The molecule has 6 heteroatoms. The van der Waals surface area contributed by atoms with Gasteiger partial charge in [0, 0.05) is 42.1 Å². The van der Waals surface area contributed by atoms with Gasteiger partial charge in [0.1, 0.15) is 17.9 Å². The van der Waals surface area contributed by atoms with E-state index in [2.05, 4.69) is 10.3 Å². The van der Waals surface area contributed by atoms with Crippen LogP contribution in [0.25, 0.3) is 0 Å². The maximum Gasteiger partial charge on any atom is 0.251 e. The molecule has 3 heterocycles. The Morgan fingerprint density at radius 2 is 2.04 bits per heavy atom. The number of rotatable bonds is 2. The highest BCUT2D eigenvalue weighted by atomic mass is 19.1. The van der Waals surface area contributed by atoms with Gasteiger partial charge in [-0.1, -0.05) is 24.3 Å². The lowest BCUT2D eigenvalue weighted by Gasteiger charge is -2.28. The molecule has 3 aliphatic rings. The molecule has 4 rings (SSSR count). The van der Waals surface area contributed by atoms with E-state index in [1.165, 1.54) is 6.20 Å². The zero-order valence-electron chi connectivity index (χ0n) is 12.0. The number of hydrogen-bond donors (Lipinski definition) is 1. The molecule has 0 saturated heterocycles. The second-order valence-electron chi connectivity index (χ2n) is 5.45. The smallest absolute Gasteiger partial charge is 0.251 e. The van der Waals surface area contributed by atoms with Gasteiger partial charge in [-0.05, 0) is 0 Å². The van der Waals surface area contributed by atoms with Crippen LogP contribution in [-0.2, 0) is 4.79 Å². The first kappa shape index (κ1) is 13.6. The van der Waals surface area contributed by atoms with Crippen LogP contribution in [0.3, 0.4) is 0 Å². The average Bonchev–Trinajstić information content (AvgIpc) is 2.92. The molecule has 1 N–H and O–H groups in total. The lowest BCUT2D eigenvalue weighted by atomic mass is 10.1. The highest BCUT2D eigenvalue weighted by Gasteiger charge is 2.35. The van der Waals surface area contributed by atoms with Crippen LogP contribution < -0.4 is 5.32 Å². The SMILES string of the molecule is O=Cc1ccc(C2=NC=C3C(F)=CC(=O)NC4=C3N2CC4)cc1. The molecule has 1 aromatic carbocycles. The van der Waals surface area contributed by atoms with Crippen molar-refractivity contribution in [1.82, 2.24) is 10.2 Å². The fourth-order valence-corrected chi connectivity index (χ4v) is 3.01. The number of carbonyl (C=O) groups is 2. The van der Waals surface area contributed by atoms with Crippen LogP contribution >= 0.6 is 0 Å². The average molecular weight is 309 g/mol. The maximum atomic E-state index is 14.2. The maximum absolute atomic E-state index is 14.2. The van der Waals surface area contributed by atoms with E-state index in [0.717, 1.165) is 17.9 Å². The van der Waals surface area contributed by atoms with Crippen molar-refractivity contribution in [3.8, 4) is 0 Å². The summed E-state index contributed by atoms with van der Waals surface area (Å²) in [5.41, 5.74) is 3.11. The molecule has 0 aromatic heterocycles. The van der Waals surface area contributed by atoms with Gasteiger partial charge >= 0.3 is 0 Å².